The summed E-state index contributed by atoms with van der Waals surface area (Å²) < 4.78 is 45.3. The van der Waals surface area contributed by atoms with Crippen LogP contribution in [0.25, 0.3) is 11.1 Å². The van der Waals surface area contributed by atoms with Gasteiger partial charge in [0.05, 0.1) is 29.8 Å². The molecule has 6 N–H and O–H groups in total. The second-order valence-corrected chi connectivity index (χ2v) is 14.3. The van der Waals surface area contributed by atoms with Crippen LogP contribution in [0.4, 0.5) is 5.13 Å². The minimum Gasteiger partial charge on any atom is -0.489 e. The molecule has 20 heteroatoms. The summed E-state index contributed by atoms with van der Waals surface area (Å²) in [5, 5.41) is 14.2. The fourth-order valence-corrected chi connectivity index (χ4v) is 6.14. The predicted octanol–water partition coefficient (Wildman–Crippen LogP) is 1.59. The van der Waals surface area contributed by atoms with Crippen LogP contribution in [-0.2, 0) is 47.5 Å². The highest BCUT2D eigenvalue weighted by atomic mass is 35.5. The van der Waals surface area contributed by atoms with Crippen LogP contribution in [0.5, 0.6) is 5.75 Å². The normalized spacial score (nSPS) is 17.5. The maximum atomic E-state index is 13.5. The number of thiazole rings is 1. The molecule has 260 valence electrons. The summed E-state index contributed by atoms with van der Waals surface area (Å²) in [6.45, 7) is 4.79. The number of aryl methyl sites for hydroxylation is 2. The van der Waals surface area contributed by atoms with E-state index in [4.69, 9.17) is 37.2 Å². The van der Waals surface area contributed by atoms with E-state index in [2.05, 4.69) is 14.4 Å². The number of benzene rings is 1. The molecule has 0 aliphatic carbocycles. The van der Waals surface area contributed by atoms with E-state index in [1.54, 1.807) is 12.1 Å². The number of Topliss-reactive ketones (excluding diaryl/α,β-unsaturated/α-hetero) is 1. The van der Waals surface area contributed by atoms with Crippen LogP contribution in [0.3, 0.4) is 0 Å². The molecule has 0 radical (unpaired) electrons. The number of hydroxylamine groups is 2. The summed E-state index contributed by atoms with van der Waals surface area (Å²) in [5.41, 5.74) is 9.00. The number of oxime groups is 1. The third kappa shape index (κ3) is 8.10. The molecule has 0 bridgehead atoms. The Hall–Kier alpha value is -4.14. The number of halogens is 1. The number of hydrogen-bond acceptors (Lipinski definition) is 13. The zero-order chi connectivity index (χ0) is 35.6. The second-order valence-electron chi connectivity index (χ2n) is 11.6. The fraction of sp³-hybridized carbons (Fsp3) is 0.429. The van der Waals surface area contributed by atoms with E-state index in [-0.39, 0.29) is 15.2 Å². The molecule has 1 aromatic carbocycles. The predicted molar refractivity (Wildman–Crippen MR) is 172 cm³/mol. The number of aliphatic carboxylic acids is 1. The van der Waals surface area contributed by atoms with Gasteiger partial charge in [0.2, 0.25) is 6.20 Å². The highest BCUT2D eigenvalue weighted by Gasteiger charge is 2.57. The number of hydrogen-bond donors (Lipinski definition) is 4. The Bertz CT molecular complexity index is 1840. The molecule has 1 fully saturated rings. The van der Waals surface area contributed by atoms with Crippen molar-refractivity contribution in [2.24, 2.45) is 23.9 Å². The van der Waals surface area contributed by atoms with Gasteiger partial charge in [0.25, 0.3) is 11.5 Å². The highest BCUT2D eigenvalue weighted by molar-refractivity contribution is 7.80. The third-order valence-corrected chi connectivity index (χ3v) is 9.05. The van der Waals surface area contributed by atoms with E-state index in [0.29, 0.717) is 17.4 Å². The first kappa shape index (κ1) is 36.7. The standard InChI is InChI=1S/C28H34ClN7O10S2/c1-27(2)19(24(38)36(27)46-48(41,42)43)12-20(37)21(22-23(29)47-26(31)32-22)33-45-28(3,25(39)40)15-44-18-8-6-16(7-9-18)17-13-34(4)35(14-17)11-5-10-30/h6-9,13-14,19H,5,10-12,15,30H2,1-4H3,(H3-,31,32,39,40,41,42,43)/p+1/b33-21+/t19-,28+/m1/s1. The van der Waals surface area contributed by atoms with Gasteiger partial charge >= 0.3 is 16.4 Å². The van der Waals surface area contributed by atoms with Crippen molar-refractivity contribution in [1.82, 2.24) is 14.7 Å². The topological polar surface area (TPSA) is 243 Å². The Balaban J connectivity index is 1.51. The highest BCUT2D eigenvalue weighted by Crippen LogP contribution is 2.41. The number of carbonyl (C=O) groups is 3. The molecule has 48 heavy (non-hydrogen) atoms. The van der Waals surface area contributed by atoms with Crippen LogP contribution in [-0.4, -0.2) is 80.5 Å². The Morgan fingerprint density at radius 3 is 2.46 bits per heavy atom. The Labute approximate surface area is 284 Å². The number of ether oxygens (including phenoxy) is 1. The molecule has 3 heterocycles. The number of nitrogen functional groups attached to an aromatic ring is 1. The van der Waals surface area contributed by atoms with Gasteiger partial charge in [-0.3, -0.25) is 14.1 Å². The molecule has 0 spiro atoms. The quantitative estimate of drug-likeness (QED) is 0.0539. The fourth-order valence-electron chi connectivity index (χ4n) is 4.76. The molecule has 2 atom stereocenters. The number of aromatic nitrogens is 3. The van der Waals surface area contributed by atoms with Crippen LogP contribution in [0.1, 0.15) is 39.3 Å². The van der Waals surface area contributed by atoms with Crippen molar-refractivity contribution in [3.63, 3.8) is 0 Å². The molecule has 3 aromatic rings. The number of carboxylic acids is 1. The second kappa shape index (κ2) is 14.1. The summed E-state index contributed by atoms with van der Waals surface area (Å²) in [4.78, 5) is 47.9. The molecule has 17 nitrogen and oxygen atoms in total. The Kier molecular flexibility index (Phi) is 10.8. The lowest BCUT2D eigenvalue weighted by Gasteiger charge is -2.50. The Morgan fingerprint density at radius 2 is 1.92 bits per heavy atom. The summed E-state index contributed by atoms with van der Waals surface area (Å²) in [5.74, 6) is -4.04. The number of rotatable bonds is 16. The first-order chi connectivity index (χ1) is 22.4. The van der Waals surface area contributed by atoms with Crippen molar-refractivity contribution in [2.45, 2.75) is 51.3 Å². The summed E-state index contributed by atoms with van der Waals surface area (Å²) >= 11 is 7.06. The van der Waals surface area contributed by atoms with Crippen molar-refractivity contribution in [3.05, 3.63) is 46.7 Å². The van der Waals surface area contributed by atoms with Gasteiger partial charge in [0, 0.05) is 6.42 Å². The minimum atomic E-state index is -5.02. The molecule has 0 saturated carbocycles. The third-order valence-electron chi connectivity index (χ3n) is 7.63. The molecule has 0 unspecified atom stereocenters. The first-order valence-corrected chi connectivity index (χ1v) is 16.9. The average molecular weight is 729 g/mol. The smallest absolute Gasteiger partial charge is 0.418 e. The van der Waals surface area contributed by atoms with Crippen LogP contribution < -0.4 is 20.9 Å². The molecular formula is C28H35ClN7O10S2+. The molecule has 1 aliphatic rings. The zero-order valence-electron chi connectivity index (χ0n) is 26.3. The van der Waals surface area contributed by atoms with E-state index in [1.807, 2.05) is 40.9 Å². The molecule has 1 saturated heterocycles. The number of anilines is 1. The minimum absolute atomic E-state index is 0.0306. The van der Waals surface area contributed by atoms with Gasteiger partial charge in [-0.25, -0.2) is 9.78 Å². The number of β-lactam (4-membered cyclic amide) rings is 1. The molecule has 1 amide bonds. The number of carboxylic acid groups (broad SMARTS) is 1. The van der Waals surface area contributed by atoms with Gasteiger partial charge in [0.15, 0.2) is 23.7 Å². The summed E-state index contributed by atoms with van der Waals surface area (Å²) in [7, 11) is -3.09. The lowest BCUT2D eigenvalue weighted by molar-refractivity contribution is -0.753. The van der Waals surface area contributed by atoms with Gasteiger partial charge in [-0.1, -0.05) is 40.2 Å². The number of carbonyl (C=O) groups excluding carboxylic acids is 2. The maximum absolute atomic E-state index is 13.5. The van der Waals surface area contributed by atoms with Gasteiger partial charge in [-0.2, -0.15) is 18.2 Å². The molecular weight excluding hydrogens is 694 g/mol. The van der Waals surface area contributed by atoms with Gasteiger partial charge < -0.3 is 26.1 Å². The van der Waals surface area contributed by atoms with Crippen LogP contribution in [0.2, 0.25) is 4.34 Å². The van der Waals surface area contributed by atoms with E-state index in [1.165, 1.54) is 20.8 Å². The maximum Gasteiger partial charge on any atom is 0.418 e. The Morgan fingerprint density at radius 1 is 1.25 bits per heavy atom. The van der Waals surface area contributed by atoms with E-state index in [0.717, 1.165) is 35.4 Å². The number of ketones is 1. The monoisotopic (exact) mass is 728 g/mol. The van der Waals surface area contributed by atoms with Crippen molar-refractivity contribution in [1.29, 1.82) is 0 Å². The molecule has 4 rings (SSSR count). The van der Waals surface area contributed by atoms with Gasteiger partial charge in [-0.15, -0.1) is 8.97 Å². The van der Waals surface area contributed by atoms with Gasteiger partial charge in [-0.05, 0) is 51.4 Å². The molecule has 1 aliphatic heterocycles. The van der Waals surface area contributed by atoms with Crippen molar-refractivity contribution in [2.75, 3.05) is 18.9 Å². The van der Waals surface area contributed by atoms with Gasteiger partial charge in [0.1, 0.15) is 22.4 Å². The lowest BCUT2D eigenvalue weighted by atomic mass is 9.74. The van der Waals surface area contributed by atoms with Crippen molar-refractivity contribution in [3.8, 4) is 16.9 Å². The van der Waals surface area contributed by atoms with E-state index < -0.39 is 63.9 Å². The molecule has 2 aromatic heterocycles. The van der Waals surface area contributed by atoms with Crippen molar-refractivity contribution < 1.29 is 51.0 Å². The SMILES string of the molecule is C[n+]1cc(-c2ccc(OC[C@](C)(O/N=C(\C(=O)C[C@@H]3C(=O)N(OS(=O)(=O)O)C3(C)C)c3nc(N)sc3Cl)C(=O)O)cc2)cn1CCCN. The number of amides is 1. The van der Waals surface area contributed by atoms with E-state index >= 15 is 0 Å². The zero-order valence-corrected chi connectivity index (χ0v) is 28.7. The lowest BCUT2D eigenvalue weighted by Crippen LogP contribution is -2.68. The summed E-state index contributed by atoms with van der Waals surface area (Å²) in [6, 6.07) is 6.95. The number of nitrogens with two attached hydrogens (primary N) is 2. The van der Waals surface area contributed by atoms with Crippen LogP contribution in [0.15, 0.2) is 41.8 Å². The average Bonchev–Trinajstić information content (AvgIpc) is 3.55. The van der Waals surface area contributed by atoms with Crippen LogP contribution in [0, 0.1) is 5.92 Å². The number of nitrogens with zero attached hydrogens (tertiary/aromatic N) is 5. The van der Waals surface area contributed by atoms with Crippen LogP contribution >= 0.6 is 22.9 Å². The van der Waals surface area contributed by atoms with E-state index in [9.17, 15) is 27.9 Å². The largest absolute Gasteiger partial charge is 0.489 e. The first-order valence-electron chi connectivity index (χ1n) is 14.3. The van der Waals surface area contributed by atoms with Crippen molar-refractivity contribution >= 4 is 61.8 Å². The summed E-state index contributed by atoms with van der Waals surface area (Å²) in [6.07, 6.45) is 4.22.